The van der Waals surface area contributed by atoms with Crippen molar-refractivity contribution in [3.63, 3.8) is 0 Å². The van der Waals surface area contributed by atoms with Gasteiger partial charge in [0.25, 0.3) is 0 Å². The predicted octanol–water partition coefficient (Wildman–Crippen LogP) is 2.19. The minimum absolute atomic E-state index is 0.144. The van der Waals surface area contributed by atoms with Gasteiger partial charge in [-0.15, -0.1) is 0 Å². The molecule has 1 saturated heterocycles. The lowest BCUT2D eigenvalue weighted by molar-refractivity contribution is -0.151. The number of carbonyl (C=O) groups is 1. The second kappa shape index (κ2) is 7.05. The zero-order chi connectivity index (χ0) is 15.3. The molecule has 1 atom stereocenters. The van der Waals surface area contributed by atoms with E-state index in [1.165, 1.54) is 12.7 Å². The first-order chi connectivity index (χ1) is 10.1. The van der Waals surface area contributed by atoms with Gasteiger partial charge in [-0.05, 0) is 38.8 Å². The quantitative estimate of drug-likeness (QED) is 0.844. The highest BCUT2D eigenvalue weighted by Gasteiger charge is 2.43. The molecular formula is C17H26N2O2. The highest BCUT2D eigenvalue weighted by molar-refractivity contribution is 5.81. The van der Waals surface area contributed by atoms with Crippen molar-refractivity contribution in [3.8, 4) is 0 Å². The van der Waals surface area contributed by atoms with Crippen LogP contribution in [0.25, 0.3) is 0 Å². The van der Waals surface area contributed by atoms with E-state index in [0.717, 1.165) is 25.9 Å². The highest BCUT2D eigenvalue weighted by atomic mass is 16.5. The largest absolute Gasteiger partial charge is 0.468 e. The fourth-order valence-electron chi connectivity index (χ4n) is 3.21. The SMILES string of the molecule is COC(=O)C1(NC(C)C)CCCN(Cc2ccccc2)C1. The van der Waals surface area contributed by atoms with Gasteiger partial charge in [-0.2, -0.15) is 0 Å². The molecule has 1 aromatic carbocycles. The number of rotatable bonds is 5. The maximum atomic E-state index is 12.3. The summed E-state index contributed by atoms with van der Waals surface area (Å²) < 4.78 is 5.06. The molecule has 1 aliphatic rings. The number of ether oxygens (including phenoxy) is 1. The van der Waals surface area contributed by atoms with Gasteiger partial charge >= 0.3 is 5.97 Å². The van der Waals surface area contributed by atoms with Crippen molar-refractivity contribution in [1.82, 2.24) is 10.2 Å². The van der Waals surface area contributed by atoms with Crippen LogP contribution in [-0.2, 0) is 16.1 Å². The molecule has 1 fully saturated rings. The lowest BCUT2D eigenvalue weighted by atomic mass is 9.88. The molecule has 0 bridgehead atoms. The van der Waals surface area contributed by atoms with Gasteiger partial charge in [-0.1, -0.05) is 30.3 Å². The van der Waals surface area contributed by atoms with Gasteiger partial charge < -0.3 is 4.74 Å². The van der Waals surface area contributed by atoms with Crippen LogP contribution in [0.15, 0.2) is 30.3 Å². The van der Waals surface area contributed by atoms with E-state index < -0.39 is 5.54 Å². The van der Waals surface area contributed by atoms with E-state index in [2.05, 4.69) is 48.3 Å². The number of likely N-dealkylation sites (tertiary alicyclic amines) is 1. The van der Waals surface area contributed by atoms with Gasteiger partial charge in [0.15, 0.2) is 0 Å². The summed E-state index contributed by atoms with van der Waals surface area (Å²) in [6.45, 7) is 6.74. The Morgan fingerprint density at radius 3 is 2.71 bits per heavy atom. The van der Waals surface area contributed by atoms with E-state index in [1.807, 2.05) is 6.07 Å². The van der Waals surface area contributed by atoms with E-state index in [4.69, 9.17) is 4.74 Å². The van der Waals surface area contributed by atoms with Crippen LogP contribution in [0.5, 0.6) is 0 Å². The number of methoxy groups -OCH3 is 1. The normalized spacial score (nSPS) is 23.2. The van der Waals surface area contributed by atoms with Crippen LogP contribution in [0, 0.1) is 0 Å². The summed E-state index contributed by atoms with van der Waals surface area (Å²) in [5.74, 6) is -0.144. The van der Waals surface area contributed by atoms with Crippen molar-refractivity contribution < 1.29 is 9.53 Å². The highest BCUT2D eigenvalue weighted by Crippen LogP contribution is 2.25. The second-order valence-electron chi connectivity index (χ2n) is 6.17. The topological polar surface area (TPSA) is 41.6 Å². The standard InChI is InChI=1S/C17H26N2O2/c1-14(2)18-17(16(20)21-3)10-7-11-19(13-17)12-15-8-5-4-6-9-15/h4-6,8-9,14,18H,7,10-13H2,1-3H3. The van der Waals surface area contributed by atoms with Gasteiger partial charge in [-0.25, -0.2) is 0 Å². The molecule has 0 aliphatic carbocycles. The molecule has 1 aliphatic heterocycles. The maximum absolute atomic E-state index is 12.3. The van der Waals surface area contributed by atoms with Crippen LogP contribution < -0.4 is 5.32 Å². The van der Waals surface area contributed by atoms with Gasteiger partial charge in [0.1, 0.15) is 5.54 Å². The second-order valence-corrected chi connectivity index (χ2v) is 6.17. The Kier molecular flexibility index (Phi) is 5.37. The van der Waals surface area contributed by atoms with Crippen LogP contribution in [-0.4, -0.2) is 42.6 Å². The van der Waals surface area contributed by atoms with Crippen LogP contribution in [0.4, 0.5) is 0 Å². The van der Waals surface area contributed by atoms with Gasteiger partial charge in [-0.3, -0.25) is 15.0 Å². The van der Waals surface area contributed by atoms with E-state index in [1.54, 1.807) is 0 Å². The lowest BCUT2D eigenvalue weighted by Gasteiger charge is -2.42. The zero-order valence-electron chi connectivity index (χ0n) is 13.3. The minimum Gasteiger partial charge on any atom is -0.468 e. The molecule has 1 heterocycles. The number of benzene rings is 1. The summed E-state index contributed by atoms with van der Waals surface area (Å²) in [6.07, 6.45) is 1.84. The molecule has 0 spiro atoms. The Hall–Kier alpha value is -1.39. The van der Waals surface area contributed by atoms with E-state index >= 15 is 0 Å². The van der Waals surface area contributed by atoms with Gasteiger partial charge in [0.05, 0.1) is 7.11 Å². The van der Waals surface area contributed by atoms with Crippen LogP contribution in [0.1, 0.15) is 32.3 Å². The summed E-state index contributed by atoms with van der Waals surface area (Å²) in [5, 5.41) is 3.45. The van der Waals surface area contributed by atoms with Crippen molar-refractivity contribution in [2.45, 2.75) is 44.8 Å². The van der Waals surface area contributed by atoms with E-state index in [0.29, 0.717) is 6.54 Å². The summed E-state index contributed by atoms with van der Waals surface area (Å²) >= 11 is 0. The first-order valence-electron chi connectivity index (χ1n) is 7.68. The van der Waals surface area contributed by atoms with Crippen LogP contribution in [0.3, 0.4) is 0 Å². The molecule has 116 valence electrons. The molecule has 1 aromatic rings. The van der Waals surface area contributed by atoms with E-state index in [9.17, 15) is 4.79 Å². The number of esters is 1. The molecular weight excluding hydrogens is 264 g/mol. The monoisotopic (exact) mass is 290 g/mol. The summed E-state index contributed by atoms with van der Waals surface area (Å²) in [7, 11) is 1.47. The molecule has 0 aromatic heterocycles. The Morgan fingerprint density at radius 2 is 2.10 bits per heavy atom. The third-order valence-electron chi connectivity index (χ3n) is 3.96. The smallest absolute Gasteiger partial charge is 0.327 e. The Bertz CT molecular complexity index is 461. The first kappa shape index (κ1) is 16.0. The zero-order valence-corrected chi connectivity index (χ0v) is 13.3. The average molecular weight is 290 g/mol. The molecule has 2 rings (SSSR count). The maximum Gasteiger partial charge on any atom is 0.327 e. The molecule has 4 heteroatoms. The average Bonchev–Trinajstić information content (AvgIpc) is 2.47. The Labute approximate surface area is 127 Å². The number of hydrogen-bond donors (Lipinski definition) is 1. The van der Waals surface area contributed by atoms with Crippen molar-refractivity contribution in [3.05, 3.63) is 35.9 Å². The molecule has 1 N–H and O–H groups in total. The molecule has 0 saturated carbocycles. The number of nitrogens with one attached hydrogen (secondary N) is 1. The molecule has 1 unspecified atom stereocenters. The minimum atomic E-state index is -0.573. The molecule has 4 nitrogen and oxygen atoms in total. The van der Waals surface area contributed by atoms with Crippen LogP contribution in [0.2, 0.25) is 0 Å². The molecule has 0 radical (unpaired) electrons. The van der Waals surface area contributed by atoms with Crippen molar-refractivity contribution >= 4 is 5.97 Å². The Morgan fingerprint density at radius 1 is 1.38 bits per heavy atom. The summed E-state index contributed by atoms with van der Waals surface area (Å²) in [5.41, 5.74) is 0.707. The number of piperidine rings is 1. The van der Waals surface area contributed by atoms with Crippen molar-refractivity contribution in [1.29, 1.82) is 0 Å². The fourth-order valence-corrected chi connectivity index (χ4v) is 3.21. The van der Waals surface area contributed by atoms with Crippen molar-refractivity contribution in [2.24, 2.45) is 0 Å². The Balaban J connectivity index is 2.10. The third kappa shape index (κ3) is 4.05. The molecule has 0 amide bonds. The number of carbonyl (C=O) groups excluding carboxylic acids is 1. The summed E-state index contributed by atoms with van der Waals surface area (Å²) in [4.78, 5) is 14.6. The predicted molar refractivity (Wildman–Crippen MR) is 84.0 cm³/mol. The third-order valence-corrected chi connectivity index (χ3v) is 3.96. The van der Waals surface area contributed by atoms with E-state index in [-0.39, 0.29) is 12.0 Å². The first-order valence-corrected chi connectivity index (χ1v) is 7.68. The number of nitrogens with zero attached hydrogens (tertiary/aromatic N) is 1. The molecule has 21 heavy (non-hydrogen) atoms. The summed E-state index contributed by atoms with van der Waals surface area (Å²) in [6, 6.07) is 10.6. The number of hydrogen-bond acceptors (Lipinski definition) is 4. The fraction of sp³-hybridized carbons (Fsp3) is 0.588. The van der Waals surface area contributed by atoms with Gasteiger partial charge in [0.2, 0.25) is 0 Å². The van der Waals surface area contributed by atoms with Crippen molar-refractivity contribution in [2.75, 3.05) is 20.2 Å². The lowest BCUT2D eigenvalue weighted by Crippen LogP contribution is -2.63. The van der Waals surface area contributed by atoms with Gasteiger partial charge in [0, 0.05) is 19.1 Å². The van der Waals surface area contributed by atoms with Crippen LogP contribution >= 0.6 is 0 Å².